The lowest BCUT2D eigenvalue weighted by atomic mass is 10.2. The van der Waals surface area contributed by atoms with Gasteiger partial charge in [-0.25, -0.2) is 0 Å². The van der Waals surface area contributed by atoms with E-state index >= 15 is 0 Å². The Kier molecular flexibility index (Phi) is 23.3. The summed E-state index contributed by atoms with van der Waals surface area (Å²) >= 11 is 0. The van der Waals surface area contributed by atoms with E-state index in [1.165, 1.54) is 6.92 Å². The van der Waals surface area contributed by atoms with Crippen LogP contribution in [0.4, 0.5) is 0 Å². The Bertz CT molecular complexity index is 291. The van der Waals surface area contributed by atoms with Gasteiger partial charge in [-0.2, -0.15) is 0 Å². The molecule has 1 aliphatic heterocycles. The monoisotopic (exact) mass is 333 g/mol. The molecule has 7 nitrogen and oxygen atoms in total. The molecule has 23 heavy (non-hydrogen) atoms. The van der Waals surface area contributed by atoms with Crippen LogP contribution in [0.15, 0.2) is 0 Å². The number of likely N-dealkylation sites (N-methyl/N-ethyl adjacent to an activating group) is 1. The summed E-state index contributed by atoms with van der Waals surface area (Å²) in [6.07, 6.45) is 1.26. The molecule has 0 spiro atoms. The Balaban J connectivity index is -0.000000496. The van der Waals surface area contributed by atoms with Gasteiger partial charge in [-0.3, -0.25) is 14.4 Å². The van der Waals surface area contributed by atoms with Gasteiger partial charge < -0.3 is 20.2 Å². The number of nitrogens with one attached hydrogen (secondary N) is 1. The lowest BCUT2D eigenvalue weighted by Crippen LogP contribution is -2.47. The molecule has 1 heterocycles. The molecule has 1 saturated heterocycles. The van der Waals surface area contributed by atoms with Crippen molar-refractivity contribution >= 4 is 18.3 Å². The molecule has 0 aliphatic carbocycles. The Hall–Kier alpha value is -1.63. The third-order valence-electron chi connectivity index (χ3n) is 2.80. The van der Waals surface area contributed by atoms with E-state index in [-0.39, 0.29) is 18.3 Å². The standard InChI is InChI=1S/C11H21N3O2.2C2H6.CH2O2/c1-10(15)12-5-3-4-11(16)14-8-6-13(2)7-9-14;2*1-2;2-1-3/h3-9H2,1-2H3,(H,12,15);2*1-2H3;1H,(H,2,3). The van der Waals surface area contributed by atoms with E-state index in [9.17, 15) is 9.59 Å². The summed E-state index contributed by atoms with van der Waals surface area (Å²) in [5.41, 5.74) is 0. The fourth-order valence-corrected chi connectivity index (χ4v) is 1.72. The lowest BCUT2D eigenvalue weighted by molar-refractivity contribution is -0.133. The largest absolute Gasteiger partial charge is 0.483 e. The second kappa shape index (κ2) is 20.4. The second-order valence-corrected chi connectivity index (χ2v) is 4.38. The average Bonchev–Trinajstić information content (AvgIpc) is 2.56. The van der Waals surface area contributed by atoms with Gasteiger partial charge in [-0.15, -0.1) is 0 Å². The summed E-state index contributed by atoms with van der Waals surface area (Å²) in [6, 6.07) is 0. The van der Waals surface area contributed by atoms with Gasteiger partial charge in [-0.05, 0) is 13.5 Å². The van der Waals surface area contributed by atoms with Crippen molar-refractivity contribution in [2.24, 2.45) is 0 Å². The highest BCUT2D eigenvalue weighted by Crippen LogP contribution is 2.03. The average molecular weight is 333 g/mol. The molecule has 2 amide bonds. The molecule has 138 valence electrons. The summed E-state index contributed by atoms with van der Waals surface area (Å²) in [5, 5.41) is 9.58. The minimum atomic E-state index is -0.250. The van der Waals surface area contributed by atoms with Crippen LogP contribution in [-0.2, 0) is 14.4 Å². The molecule has 0 unspecified atom stereocenters. The number of nitrogens with zero attached hydrogens (tertiary/aromatic N) is 2. The molecule has 0 radical (unpaired) electrons. The molecule has 1 rings (SSSR count). The molecule has 1 fully saturated rings. The maximum atomic E-state index is 11.7. The van der Waals surface area contributed by atoms with Gasteiger partial charge in [0.05, 0.1) is 0 Å². The zero-order valence-electron chi connectivity index (χ0n) is 15.6. The first kappa shape index (κ1) is 26.3. The number of rotatable bonds is 4. The smallest absolute Gasteiger partial charge is 0.290 e. The summed E-state index contributed by atoms with van der Waals surface area (Å²) in [6.45, 7) is 13.4. The third kappa shape index (κ3) is 18.3. The molecule has 0 aromatic heterocycles. The molecule has 1 aliphatic rings. The Labute approximate surface area is 141 Å². The van der Waals surface area contributed by atoms with E-state index in [2.05, 4.69) is 17.3 Å². The third-order valence-corrected chi connectivity index (χ3v) is 2.80. The SMILES string of the molecule is CC.CC.CC(=O)NCCCC(=O)N1CCN(C)CC1.O=CO. The maximum absolute atomic E-state index is 11.7. The van der Waals surface area contributed by atoms with E-state index in [0.717, 1.165) is 32.6 Å². The molecule has 0 bridgehead atoms. The normalized spacial score (nSPS) is 13.0. The van der Waals surface area contributed by atoms with E-state index in [4.69, 9.17) is 9.90 Å². The first-order valence-corrected chi connectivity index (χ1v) is 8.29. The summed E-state index contributed by atoms with van der Waals surface area (Å²) in [4.78, 5) is 34.9. The van der Waals surface area contributed by atoms with Crippen molar-refractivity contribution in [2.45, 2.75) is 47.5 Å². The van der Waals surface area contributed by atoms with Crippen LogP contribution in [0.1, 0.15) is 47.5 Å². The fraction of sp³-hybridized carbons (Fsp3) is 0.812. The molecule has 7 heteroatoms. The van der Waals surface area contributed by atoms with Crippen molar-refractivity contribution in [3.63, 3.8) is 0 Å². The summed E-state index contributed by atoms with van der Waals surface area (Å²) < 4.78 is 0. The first-order valence-electron chi connectivity index (χ1n) is 8.29. The van der Waals surface area contributed by atoms with Crippen LogP contribution in [0.2, 0.25) is 0 Å². The van der Waals surface area contributed by atoms with Crippen molar-refractivity contribution in [1.29, 1.82) is 0 Å². The molecule has 2 N–H and O–H groups in total. The van der Waals surface area contributed by atoms with Gasteiger partial charge in [-0.1, -0.05) is 27.7 Å². The van der Waals surface area contributed by atoms with Gasteiger partial charge in [0.25, 0.3) is 6.47 Å². The molecule has 0 atom stereocenters. The number of piperazine rings is 1. The highest BCUT2D eigenvalue weighted by molar-refractivity contribution is 5.76. The van der Waals surface area contributed by atoms with Crippen LogP contribution >= 0.6 is 0 Å². The first-order chi connectivity index (χ1) is 11.0. The predicted octanol–water partition coefficient (Wildman–Crippen LogP) is 1.43. The van der Waals surface area contributed by atoms with Crippen LogP contribution in [-0.4, -0.2) is 73.0 Å². The van der Waals surface area contributed by atoms with E-state index in [1.807, 2.05) is 32.6 Å². The minimum Gasteiger partial charge on any atom is -0.483 e. The molecule has 0 saturated carbocycles. The van der Waals surface area contributed by atoms with Gasteiger partial charge in [0, 0.05) is 46.1 Å². The molecule has 0 aromatic carbocycles. The van der Waals surface area contributed by atoms with Crippen LogP contribution < -0.4 is 5.32 Å². The lowest BCUT2D eigenvalue weighted by Gasteiger charge is -2.32. The minimum absolute atomic E-state index is 0.0351. The van der Waals surface area contributed by atoms with Crippen LogP contribution in [0, 0.1) is 0 Å². The summed E-state index contributed by atoms with van der Waals surface area (Å²) in [7, 11) is 2.07. The zero-order chi connectivity index (χ0) is 18.7. The zero-order valence-corrected chi connectivity index (χ0v) is 15.6. The number of carbonyl (C=O) groups is 3. The second-order valence-electron chi connectivity index (χ2n) is 4.38. The quantitative estimate of drug-likeness (QED) is 0.600. The van der Waals surface area contributed by atoms with E-state index in [0.29, 0.717) is 13.0 Å². The van der Waals surface area contributed by atoms with Crippen molar-refractivity contribution in [1.82, 2.24) is 15.1 Å². The number of hydrogen-bond donors (Lipinski definition) is 2. The van der Waals surface area contributed by atoms with Crippen molar-refractivity contribution < 1.29 is 19.5 Å². The van der Waals surface area contributed by atoms with Crippen LogP contribution in [0.5, 0.6) is 0 Å². The number of hydrogen-bond acceptors (Lipinski definition) is 4. The van der Waals surface area contributed by atoms with Gasteiger partial charge in [0.2, 0.25) is 11.8 Å². The molecular weight excluding hydrogens is 298 g/mol. The van der Waals surface area contributed by atoms with Crippen LogP contribution in [0.25, 0.3) is 0 Å². The van der Waals surface area contributed by atoms with E-state index in [1.54, 1.807) is 0 Å². The number of carbonyl (C=O) groups excluding carboxylic acids is 2. The maximum Gasteiger partial charge on any atom is 0.290 e. The van der Waals surface area contributed by atoms with Crippen molar-refractivity contribution in [3.8, 4) is 0 Å². The number of amides is 2. The highest BCUT2D eigenvalue weighted by atomic mass is 16.3. The molecule has 0 aromatic rings. The number of carboxylic acid groups (broad SMARTS) is 1. The van der Waals surface area contributed by atoms with Crippen molar-refractivity contribution in [2.75, 3.05) is 39.8 Å². The van der Waals surface area contributed by atoms with Crippen molar-refractivity contribution in [3.05, 3.63) is 0 Å². The topological polar surface area (TPSA) is 90.0 Å². The Morgan fingerprint density at radius 1 is 1.09 bits per heavy atom. The van der Waals surface area contributed by atoms with Crippen LogP contribution in [0.3, 0.4) is 0 Å². The fourth-order valence-electron chi connectivity index (χ4n) is 1.72. The van der Waals surface area contributed by atoms with Gasteiger partial charge >= 0.3 is 0 Å². The Morgan fingerprint density at radius 2 is 1.52 bits per heavy atom. The van der Waals surface area contributed by atoms with Gasteiger partial charge in [0.1, 0.15) is 0 Å². The van der Waals surface area contributed by atoms with Gasteiger partial charge in [0.15, 0.2) is 0 Å². The predicted molar refractivity (Wildman–Crippen MR) is 93.4 cm³/mol. The Morgan fingerprint density at radius 3 is 1.91 bits per heavy atom. The molecular formula is C16H35N3O4. The summed E-state index contributed by atoms with van der Waals surface area (Å²) in [5.74, 6) is 0.172. The highest BCUT2D eigenvalue weighted by Gasteiger charge is 2.18. The van der Waals surface area contributed by atoms with E-state index < -0.39 is 0 Å².